The van der Waals surface area contributed by atoms with Crippen LogP contribution in [0, 0.1) is 6.92 Å². The van der Waals surface area contributed by atoms with Crippen molar-refractivity contribution in [2.45, 2.75) is 33.1 Å². The Balaban J connectivity index is 1.70. The van der Waals surface area contributed by atoms with Crippen molar-refractivity contribution < 1.29 is 13.9 Å². The Morgan fingerprint density at radius 1 is 1.19 bits per heavy atom. The molecule has 1 atom stereocenters. The van der Waals surface area contributed by atoms with Gasteiger partial charge in [-0.2, -0.15) is 0 Å². The van der Waals surface area contributed by atoms with Gasteiger partial charge in [0.25, 0.3) is 5.91 Å². The largest absolute Gasteiger partial charge is 0.484 e. The minimum Gasteiger partial charge on any atom is -0.484 e. The number of aryl methyl sites for hydroxylation is 1. The first-order chi connectivity index (χ1) is 13.0. The summed E-state index contributed by atoms with van der Waals surface area (Å²) >= 11 is 0. The van der Waals surface area contributed by atoms with E-state index in [0.717, 1.165) is 28.6 Å². The third-order valence-electron chi connectivity index (χ3n) is 4.67. The second kappa shape index (κ2) is 8.08. The zero-order chi connectivity index (χ0) is 19.4. The SMILES string of the molecule is CC[C@H](C)c1ccccc1NC(=O)COc1ccc2c(C)cc(=O)oc2c1. The van der Waals surface area contributed by atoms with E-state index in [1.165, 1.54) is 6.07 Å². The molecule has 0 saturated carbocycles. The number of ether oxygens (including phenoxy) is 1. The molecule has 1 aromatic heterocycles. The molecular weight excluding hydrogens is 342 g/mol. The summed E-state index contributed by atoms with van der Waals surface area (Å²) in [5.74, 6) is 0.590. The van der Waals surface area contributed by atoms with E-state index in [1.807, 2.05) is 37.3 Å². The Morgan fingerprint density at radius 2 is 1.96 bits per heavy atom. The van der Waals surface area contributed by atoms with Crippen LogP contribution in [-0.4, -0.2) is 12.5 Å². The molecule has 0 aliphatic heterocycles. The van der Waals surface area contributed by atoms with Gasteiger partial charge < -0.3 is 14.5 Å². The predicted molar refractivity (Wildman–Crippen MR) is 106 cm³/mol. The van der Waals surface area contributed by atoms with Crippen molar-refractivity contribution in [3.63, 3.8) is 0 Å². The lowest BCUT2D eigenvalue weighted by atomic mass is 9.97. The molecule has 0 aliphatic rings. The molecule has 1 heterocycles. The fourth-order valence-electron chi connectivity index (χ4n) is 2.99. The highest BCUT2D eigenvalue weighted by molar-refractivity contribution is 5.92. The number of carbonyl (C=O) groups is 1. The first-order valence-electron chi connectivity index (χ1n) is 9.04. The van der Waals surface area contributed by atoms with E-state index in [2.05, 4.69) is 19.2 Å². The summed E-state index contributed by atoms with van der Waals surface area (Å²) in [6.07, 6.45) is 0.991. The number of nitrogens with one attached hydrogen (secondary N) is 1. The molecule has 0 radical (unpaired) electrons. The number of amides is 1. The molecule has 0 spiro atoms. The Bertz CT molecular complexity index is 1020. The van der Waals surface area contributed by atoms with Gasteiger partial charge in [0.05, 0.1) is 0 Å². The maximum Gasteiger partial charge on any atom is 0.336 e. The average Bonchev–Trinajstić information content (AvgIpc) is 2.65. The lowest BCUT2D eigenvalue weighted by molar-refractivity contribution is -0.118. The number of para-hydroxylation sites is 1. The van der Waals surface area contributed by atoms with Crippen LogP contribution < -0.4 is 15.7 Å². The monoisotopic (exact) mass is 365 g/mol. The van der Waals surface area contributed by atoms with Crippen LogP contribution in [0.4, 0.5) is 5.69 Å². The number of benzene rings is 2. The maximum absolute atomic E-state index is 12.3. The second-order valence-corrected chi connectivity index (χ2v) is 6.64. The van der Waals surface area contributed by atoms with Gasteiger partial charge in [-0.1, -0.05) is 32.0 Å². The van der Waals surface area contributed by atoms with Crippen molar-refractivity contribution in [1.82, 2.24) is 0 Å². The van der Waals surface area contributed by atoms with Crippen molar-refractivity contribution in [2.24, 2.45) is 0 Å². The van der Waals surface area contributed by atoms with Gasteiger partial charge in [0.15, 0.2) is 6.61 Å². The van der Waals surface area contributed by atoms with Crippen molar-refractivity contribution in [1.29, 1.82) is 0 Å². The van der Waals surface area contributed by atoms with Crippen LogP contribution in [0.2, 0.25) is 0 Å². The van der Waals surface area contributed by atoms with Crippen LogP contribution in [0.1, 0.15) is 37.3 Å². The van der Waals surface area contributed by atoms with Crippen molar-refractivity contribution in [2.75, 3.05) is 11.9 Å². The lowest BCUT2D eigenvalue weighted by Gasteiger charge is -2.15. The van der Waals surface area contributed by atoms with Gasteiger partial charge in [-0.15, -0.1) is 0 Å². The van der Waals surface area contributed by atoms with Crippen LogP contribution in [-0.2, 0) is 4.79 Å². The van der Waals surface area contributed by atoms with E-state index in [1.54, 1.807) is 12.1 Å². The van der Waals surface area contributed by atoms with Gasteiger partial charge in [-0.05, 0) is 48.6 Å². The topological polar surface area (TPSA) is 68.5 Å². The molecule has 0 aliphatic carbocycles. The van der Waals surface area contributed by atoms with E-state index in [-0.39, 0.29) is 12.5 Å². The van der Waals surface area contributed by atoms with E-state index >= 15 is 0 Å². The minimum absolute atomic E-state index is 0.129. The Morgan fingerprint density at radius 3 is 2.74 bits per heavy atom. The van der Waals surface area contributed by atoms with Crippen LogP contribution in [0.25, 0.3) is 11.0 Å². The summed E-state index contributed by atoms with van der Waals surface area (Å²) < 4.78 is 10.8. The molecular formula is C22H23NO4. The van der Waals surface area contributed by atoms with Gasteiger partial charge in [-0.25, -0.2) is 4.79 Å². The first kappa shape index (κ1) is 18.7. The molecule has 1 N–H and O–H groups in total. The zero-order valence-corrected chi connectivity index (χ0v) is 15.7. The van der Waals surface area contributed by atoms with Gasteiger partial charge in [0.2, 0.25) is 0 Å². The normalized spacial score (nSPS) is 12.0. The van der Waals surface area contributed by atoms with Crippen LogP contribution in [0.5, 0.6) is 5.75 Å². The van der Waals surface area contributed by atoms with E-state index in [9.17, 15) is 9.59 Å². The molecule has 2 aromatic carbocycles. The number of hydrogen-bond donors (Lipinski definition) is 1. The van der Waals surface area contributed by atoms with Gasteiger partial charge >= 0.3 is 5.63 Å². The molecule has 3 aromatic rings. The molecule has 0 unspecified atom stereocenters. The van der Waals surface area contributed by atoms with Crippen LogP contribution >= 0.6 is 0 Å². The number of carbonyl (C=O) groups excluding carboxylic acids is 1. The fourth-order valence-corrected chi connectivity index (χ4v) is 2.99. The zero-order valence-electron chi connectivity index (χ0n) is 15.7. The van der Waals surface area contributed by atoms with Crippen molar-refractivity contribution >= 4 is 22.6 Å². The Labute approximate surface area is 158 Å². The highest BCUT2D eigenvalue weighted by Crippen LogP contribution is 2.26. The fraction of sp³-hybridized carbons (Fsp3) is 0.273. The standard InChI is InChI=1S/C22H23NO4/c1-4-14(2)17-7-5-6-8-19(17)23-21(24)13-26-16-9-10-18-15(3)11-22(25)27-20(18)12-16/h5-12,14H,4,13H2,1-3H3,(H,23,24)/t14-/m0/s1. The van der Waals surface area contributed by atoms with E-state index in [4.69, 9.17) is 9.15 Å². The molecule has 0 fully saturated rings. The molecule has 27 heavy (non-hydrogen) atoms. The highest BCUT2D eigenvalue weighted by atomic mass is 16.5. The van der Waals surface area contributed by atoms with Crippen molar-refractivity contribution in [3.05, 3.63) is 70.1 Å². The summed E-state index contributed by atoms with van der Waals surface area (Å²) in [4.78, 5) is 23.8. The second-order valence-electron chi connectivity index (χ2n) is 6.64. The molecule has 1 amide bonds. The summed E-state index contributed by atoms with van der Waals surface area (Å²) in [5.41, 5.74) is 2.79. The first-order valence-corrected chi connectivity index (χ1v) is 9.04. The minimum atomic E-state index is -0.406. The average molecular weight is 365 g/mol. The summed E-state index contributed by atoms with van der Waals surface area (Å²) in [7, 11) is 0. The lowest BCUT2D eigenvalue weighted by Crippen LogP contribution is -2.21. The maximum atomic E-state index is 12.3. The van der Waals surface area contributed by atoms with Gasteiger partial charge in [-0.3, -0.25) is 4.79 Å². The van der Waals surface area contributed by atoms with Crippen LogP contribution in [0.3, 0.4) is 0 Å². The number of hydrogen-bond acceptors (Lipinski definition) is 4. The molecule has 5 heteroatoms. The quantitative estimate of drug-likeness (QED) is 0.647. The number of anilines is 1. The molecule has 5 nitrogen and oxygen atoms in total. The predicted octanol–water partition coefficient (Wildman–Crippen LogP) is 4.63. The summed E-state index contributed by atoms with van der Waals surface area (Å²) in [5, 5.41) is 3.76. The molecule has 0 bridgehead atoms. The third-order valence-corrected chi connectivity index (χ3v) is 4.67. The third kappa shape index (κ3) is 4.37. The van der Waals surface area contributed by atoms with Gasteiger partial charge in [0.1, 0.15) is 11.3 Å². The summed E-state index contributed by atoms with van der Waals surface area (Å²) in [6.45, 7) is 5.97. The Kier molecular flexibility index (Phi) is 5.60. The Hall–Kier alpha value is -3.08. The highest BCUT2D eigenvalue weighted by Gasteiger charge is 2.12. The van der Waals surface area contributed by atoms with Crippen LogP contribution in [0.15, 0.2) is 57.7 Å². The van der Waals surface area contributed by atoms with E-state index in [0.29, 0.717) is 17.3 Å². The van der Waals surface area contributed by atoms with Gasteiger partial charge in [0, 0.05) is 23.2 Å². The number of rotatable bonds is 6. The molecule has 3 rings (SSSR count). The molecule has 140 valence electrons. The van der Waals surface area contributed by atoms with E-state index < -0.39 is 5.63 Å². The smallest absolute Gasteiger partial charge is 0.336 e. The number of fused-ring (bicyclic) bond motifs is 1. The van der Waals surface area contributed by atoms with Crippen molar-refractivity contribution in [3.8, 4) is 5.75 Å². The summed E-state index contributed by atoms with van der Waals surface area (Å²) in [6, 6.07) is 14.4. The molecule has 0 saturated heterocycles.